The van der Waals surface area contributed by atoms with Gasteiger partial charge in [-0.15, -0.1) is 9.36 Å². The van der Waals surface area contributed by atoms with Crippen LogP contribution in [0.1, 0.15) is 50.2 Å². The predicted molar refractivity (Wildman–Crippen MR) is 265 cm³/mol. The van der Waals surface area contributed by atoms with Crippen molar-refractivity contribution < 1.29 is 34.3 Å². The lowest BCUT2D eigenvalue weighted by atomic mass is 10.0. The molecule has 4 N–H and O–H groups in total. The summed E-state index contributed by atoms with van der Waals surface area (Å²) in [7, 11) is 3.88. The zero-order valence-electron chi connectivity index (χ0n) is 40.4. The summed E-state index contributed by atoms with van der Waals surface area (Å²) in [6.45, 7) is 15.2. The van der Waals surface area contributed by atoms with Gasteiger partial charge in [-0.25, -0.2) is 0 Å². The van der Waals surface area contributed by atoms with E-state index in [1.54, 1.807) is 0 Å². The quantitative estimate of drug-likeness (QED) is 0.0639. The van der Waals surface area contributed by atoms with E-state index >= 15 is 0 Å². The third-order valence-electron chi connectivity index (χ3n) is 11.9. The molecule has 0 spiro atoms. The fourth-order valence-electron chi connectivity index (χ4n) is 8.28. The Kier molecular flexibility index (Phi) is 16.1. The number of likely N-dealkylation sites (N-methyl/N-ethyl adjacent to an activating group) is 1. The molecule has 0 unspecified atom stereocenters. The molecule has 0 bridgehead atoms. The first-order valence-electron chi connectivity index (χ1n) is 23.6. The van der Waals surface area contributed by atoms with Gasteiger partial charge < -0.3 is 45.1 Å². The molecule has 6 aromatic carbocycles. The second-order valence-corrected chi connectivity index (χ2v) is 17.8. The van der Waals surface area contributed by atoms with Gasteiger partial charge in [0.2, 0.25) is 5.69 Å². The van der Waals surface area contributed by atoms with E-state index < -0.39 is 0 Å². The summed E-state index contributed by atoms with van der Waals surface area (Å²) < 4.78 is 27.9. The van der Waals surface area contributed by atoms with Gasteiger partial charge in [0.05, 0.1) is 10.9 Å². The Morgan fingerprint density at radius 2 is 0.956 bits per heavy atom. The highest BCUT2D eigenvalue weighted by atomic mass is 16.5. The first-order chi connectivity index (χ1) is 33.1. The largest absolute Gasteiger partial charge is 0.492 e. The minimum Gasteiger partial charge on any atom is -0.492 e. The van der Waals surface area contributed by atoms with Crippen LogP contribution < -0.4 is 34.3 Å². The average molecular weight is 915 g/mol. The van der Waals surface area contributed by atoms with Crippen LogP contribution in [0.25, 0.3) is 16.7 Å². The number of quaternary nitrogens is 2. The van der Waals surface area contributed by atoms with Crippen LogP contribution in [0.3, 0.4) is 0 Å². The van der Waals surface area contributed by atoms with Gasteiger partial charge in [-0.05, 0) is 141 Å². The third-order valence-corrected chi connectivity index (χ3v) is 11.9. The minimum atomic E-state index is 0.458. The molecular formula is C56H66N8O4+2. The van der Waals surface area contributed by atoms with Gasteiger partial charge in [0.25, 0.3) is 0 Å². The molecule has 0 saturated carbocycles. The van der Waals surface area contributed by atoms with Crippen LogP contribution in [-0.2, 0) is 46.4 Å². The maximum absolute atomic E-state index is 6.05. The highest BCUT2D eigenvalue weighted by molar-refractivity contribution is 5.64. The first-order valence-corrected chi connectivity index (χ1v) is 23.6. The molecule has 7 aromatic rings. The predicted octanol–water partition coefficient (Wildman–Crippen LogP) is 7.54. The second-order valence-electron chi connectivity index (χ2n) is 17.8. The normalized spacial score (nSPS) is 12.4. The van der Waals surface area contributed by atoms with Crippen molar-refractivity contribution in [2.75, 3.05) is 33.4 Å². The molecule has 68 heavy (non-hydrogen) atoms. The number of benzene rings is 6. The molecule has 352 valence electrons. The Bertz CT molecular complexity index is 2700. The molecule has 1 aliphatic heterocycles. The van der Waals surface area contributed by atoms with Crippen molar-refractivity contribution in [2.45, 2.75) is 67.0 Å². The third kappa shape index (κ3) is 14.0. The van der Waals surface area contributed by atoms with Crippen molar-refractivity contribution >= 4 is 0 Å². The van der Waals surface area contributed by atoms with Crippen molar-refractivity contribution in [1.82, 2.24) is 19.9 Å². The van der Waals surface area contributed by atoms with Gasteiger partial charge in [-0.2, -0.15) is 0 Å². The lowest BCUT2D eigenvalue weighted by Crippen LogP contribution is -2.80. The first kappa shape index (κ1) is 47.4. The van der Waals surface area contributed by atoms with Crippen molar-refractivity contribution in [3.8, 4) is 34.1 Å². The smallest absolute Gasteiger partial charge is 0.204 e. The van der Waals surface area contributed by atoms with Crippen LogP contribution in [0.5, 0.6) is 23.0 Å². The van der Waals surface area contributed by atoms with E-state index in [4.69, 9.17) is 18.9 Å². The lowest BCUT2D eigenvalue weighted by molar-refractivity contribution is -0.755. The molecule has 1 aliphatic rings. The summed E-state index contributed by atoms with van der Waals surface area (Å²) in [6.07, 6.45) is 4.03. The van der Waals surface area contributed by atoms with E-state index in [1.165, 1.54) is 55.6 Å². The van der Waals surface area contributed by atoms with Gasteiger partial charge in [0, 0.05) is 35.0 Å². The molecule has 1 aromatic heterocycles. The van der Waals surface area contributed by atoms with E-state index in [0.29, 0.717) is 39.5 Å². The molecule has 0 amide bonds. The van der Waals surface area contributed by atoms with Gasteiger partial charge in [-0.3, -0.25) is 0 Å². The Morgan fingerprint density at radius 1 is 0.515 bits per heavy atom. The summed E-state index contributed by atoms with van der Waals surface area (Å²) in [5.41, 5.74) is 18.9. The molecule has 0 aliphatic carbocycles. The number of aromatic nitrogens is 3. The van der Waals surface area contributed by atoms with Gasteiger partial charge >= 0.3 is 0 Å². The Morgan fingerprint density at radius 3 is 1.44 bits per heavy atom. The van der Waals surface area contributed by atoms with Crippen molar-refractivity contribution in [3.63, 3.8) is 0 Å². The van der Waals surface area contributed by atoms with Crippen molar-refractivity contribution in [3.05, 3.63) is 207 Å². The summed E-state index contributed by atoms with van der Waals surface area (Å²) in [5, 5.41) is 13.0. The minimum absolute atomic E-state index is 0.458. The molecular weight excluding hydrogens is 849 g/mol. The summed E-state index contributed by atoms with van der Waals surface area (Å²) >= 11 is 0. The molecule has 12 nitrogen and oxygen atoms in total. The fourth-order valence-corrected chi connectivity index (χ4v) is 8.28. The maximum atomic E-state index is 6.05. The van der Waals surface area contributed by atoms with Crippen molar-refractivity contribution in [1.29, 1.82) is 0 Å². The zero-order valence-corrected chi connectivity index (χ0v) is 40.4. The maximum Gasteiger partial charge on any atom is 0.204 e. The SMILES string of the molecule is Cc1cc(C)cc(OCC2=CN(CCOc3ccc(C[NH2+]Cc4ccc(-c5ccc(C[NH2+]Cc6ccc(OCC[n+]7cc(COc8cc(C)cc(C)c8)n(C)n7)cc6)cc5)cc4)cc3)[N-]N2C)c1. The number of aryl methyl sites for hydroxylation is 5. The Balaban J connectivity index is 0.686. The van der Waals surface area contributed by atoms with Crippen molar-refractivity contribution in [2.24, 2.45) is 7.05 Å². The number of ether oxygens (including phenoxy) is 4. The topological polar surface area (TPSA) is 112 Å². The van der Waals surface area contributed by atoms with Gasteiger partial charge in [0.15, 0.2) is 12.8 Å². The number of nitrogens with zero attached hydrogens (tertiary/aromatic N) is 6. The zero-order chi connectivity index (χ0) is 47.2. The number of hydrogen-bond acceptors (Lipinski definition) is 7. The molecule has 12 heteroatoms. The number of rotatable bonds is 23. The van der Waals surface area contributed by atoms with Crippen LogP contribution in [0, 0.1) is 27.7 Å². The second kappa shape index (κ2) is 23.1. The molecule has 0 saturated heterocycles. The lowest BCUT2D eigenvalue weighted by Gasteiger charge is -2.36. The molecule has 0 atom stereocenters. The monoisotopic (exact) mass is 915 g/mol. The van der Waals surface area contributed by atoms with Gasteiger partial charge in [0.1, 0.15) is 82.6 Å². The Hall–Kier alpha value is -7.12. The van der Waals surface area contributed by atoms with Crippen LogP contribution in [0.4, 0.5) is 0 Å². The highest BCUT2D eigenvalue weighted by Gasteiger charge is 2.14. The van der Waals surface area contributed by atoms with E-state index in [1.807, 2.05) is 45.9 Å². The molecule has 8 rings (SSSR count). The molecule has 0 fully saturated rings. The fraction of sp³-hybridized carbons (Fsp3) is 0.286. The van der Waals surface area contributed by atoms with E-state index in [-0.39, 0.29) is 0 Å². The van der Waals surface area contributed by atoms with E-state index in [0.717, 1.165) is 60.6 Å². The Labute approximate surface area is 401 Å². The van der Waals surface area contributed by atoms with Gasteiger partial charge in [-0.1, -0.05) is 60.7 Å². The molecule has 0 radical (unpaired) electrons. The van der Waals surface area contributed by atoms with E-state index in [2.05, 4.69) is 183 Å². The van der Waals surface area contributed by atoms with Crippen LogP contribution in [-0.4, -0.2) is 53.3 Å². The molecule has 2 heterocycles. The summed E-state index contributed by atoms with van der Waals surface area (Å²) in [6, 6.07) is 47.2. The highest BCUT2D eigenvalue weighted by Crippen LogP contribution is 2.24. The summed E-state index contributed by atoms with van der Waals surface area (Å²) in [4.78, 5) is 0. The van der Waals surface area contributed by atoms with Crippen LogP contribution in [0.2, 0.25) is 0 Å². The van der Waals surface area contributed by atoms with Crippen LogP contribution >= 0.6 is 0 Å². The van der Waals surface area contributed by atoms with Crippen LogP contribution in [0.15, 0.2) is 152 Å². The number of nitrogens with two attached hydrogens (primary N) is 2. The number of hydrogen-bond donors (Lipinski definition) is 2. The average Bonchev–Trinajstić information content (AvgIpc) is 3.87. The summed E-state index contributed by atoms with van der Waals surface area (Å²) in [5.74, 6) is 3.47. The standard InChI is InChI=1S/C56H64N8O4/c1-41-27-42(2)30-55(29-41)67-39-51-37-63(59-61(51)5)23-25-65-53-19-11-47(12-20-53)35-57-33-45-7-15-49(16-8-45)50-17-9-46(10-18-50)34-58-36-48-13-21-54(22-14-48)66-26-24-64-38-52(62(6)60-64)40-68-56-31-43(3)28-44(4)32-56/h7-22,27-32,37-38,57-58H,23-26,33-36,39-40H2,1-6H3/p+2. The van der Waals surface area contributed by atoms with E-state index in [9.17, 15) is 0 Å².